The van der Waals surface area contributed by atoms with Crippen molar-refractivity contribution in [2.75, 3.05) is 12.4 Å². The number of anilines is 1. The Morgan fingerprint density at radius 3 is 2.76 bits per heavy atom. The van der Waals surface area contributed by atoms with E-state index < -0.39 is 0 Å². The summed E-state index contributed by atoms with van der Waals surface area (Å²) in [6.45, 7) is 1.98. The van der Waals surface area contributed by atoms with E-state index in [9.17, 15) is 4.79 Å². The fourth-order valence-electron chi connectivity index (χ4n) is 1.89. The molecule has 0 unspecified atom stereocenters. The Labute approximate surface area is 143 Å². The summed E-state index contributed by atoms with van der Waals surface area (Å²) in [6, 6.07) is 7.63. The van der Waals surface area contributed by atoms with Gasteiger partial charge in [-0.2, -0.15) is 0 Å². The predicted molar refractivity (Wildman–Crippen MR) is 95.9 cm³/mol. The summed E-state index contributed by atoms with van der Waals surface area (Å²) < 4.78 is 7.43. The van der Waals surface area contributed by atoms with Gasteiger partial charge in [0.25, 0.3) is 5.91 Å². The number of ether oxygens (including phenoxy) is 1. The molecule has 7 heteroatoms. The number of methoxy groups -OCH3 is 1. The summed E-state index contributed by atoms with van der Waals surface area (Å²) >= 11 is 5.19. The third kappa shape index (κ3) is 2.90. The van der Waals surface area contributed by atoms with E-state index in [1.165, 1.54) is 22.7 Å². The second-order valence-electron chi connectivity index (χ2n) is 4.31. The minimum Gasteiger partial charge on any atom is -0.494 e. The molecule has 0 saturated heterocycles. The molecule has 3 aromatic rings. The molecule has 1 amide bonds. The largest absolute Gasteiger partial charge is 0.494 e. The first-order valence-corrected chi connectivity index (χ1v) is 8.80. The van der Waals surface area contributed by atoms with Crippen LogP contribution >= 0.6 is 45.3 Å². The fourth-order valence-corrected chi connectivity index (χ4v) is 4.30. The lowest BCUT2D eigenvalue weighted by molar-refractivity contribution is 0.103. The van der Waals surface area contributed by atoms with Crippen LogP contribution in [0, 0.1) is 10.5 Å². The van der Waals surface area contributed by atoms with Gasteiger partial charge in [-0.3, -0.25) is 10.1 Å². The highest BCUT2D eigenvalue weighted by molar-refractivity contribution is 14.1. The summed E-state index contributed by atoms with van der Waals surface area (Å²) in [7, 11) is 1.62. The molecule has 0 aliphatic heterocycles. The lowest BCUT2D eigenvalue weighted by atomic mass is 10.3. The second-order valence-corrected chi connectivity index (χ2v) is 7.76. The predicted octanol–water partition coefficient (Wildman–Crippen LogP) is 4.53. The van der Waals surface area contributed by atoms with Crippen molar-refractivity contribution in [3.05, 3.63) is 37.6 Å². The lowest BCUT2D eigenvalue weighted by Gasteiger charge is -2.00. The molecular formula is C14H11IN2O2S2. The van der Waals surface area contributed by atoms with Crippen molar-refractivity contribution >= 4 is 66.5 Å². The van der Waals surface area contributed by atoms with Crippen LogP contribution in [0.2, 0.25) is 0 Å². The van der Waals surface area contributed by atoms with Crippen molar-refractivity contribution in [1.29, 1.82) is 0 Å². The zero-order valence-electron chi connectivity index (χ0n) is 11.3. The number of rotatable bonds is 3. The number of hydrogen-bond donors (Lipinski definition) is 1. The number of nitrogens with one attached hydrogen (secondary N) is 1. The molecule has 4 nitrogen and oxygen atoms in total. The smallest absolute Gasteiger partial charge is 0.267 e. The van der Waals surface area contributed by atoms with Crippen molar-refractivity contribution in [3.8, 4) is 5.75 Å². The van der Waals surface area contributed by atoms with Gasteiger partial charge in [0, 0.05) is 8.45 Å². The van der Waals surface area contributed by atoms with E-state index in [-0.39, 0.29) is 5.91 Å². The van der Waals surface area contributed by atoms with Crippen LogP contribution in [0.25, 0.3) is 10.2 Å². The van der Waals surface area contributed by atoms with Crippen molar-refractivity contribution in [2.24, 2.45) is 0 Å². The zero-order valence-corrected chi connectivity index (χ0v) is 15.1. The van der Waals surface area contributed by atoms with Gasteiger partial charge in [0.15, 0.2) is 5.13 Å². The molecule has 1 aromatic carbocycles. The fraction of sp³-hybridized carbons (Fsp3) is 0.143. The van der Waals surface area contributed by atoms with Gasteiger partial charge < -0.3 is 4.74 Å². The number of carbonyl (C=O) groups is 1. The number of carbonyl (C=O) groups excluding carboxylic acids is 1. The van der Waals surface area contributed by atoms with E-state index in [1.807, 2.05) is 31.2 Å². The Kier molecular flexibility index (Phi) is 4.14. The summed E-state index contributed by atoms with van der Waals surface area (Å²) in [4.78, 5) is 18.5. The lowest BCUT2D eigenvalue weighted by Crippen LogP contribution is -2.09. The molecule has 108 valence electrons. The Hall–Kier alpha value is -1.19. The van der Waals surface area contributed by atoms with Crippen LogP contribution in [0.4, 0.5) is 5.13 Å². The van der Waals surface area contributed by atoms with Gasteiger partial charge in [0.1, 0.15) is 11.3 Å². The van der Waals surface area contributed by atoms with E-state index in [4.69, 9.17) is 4.74 Å². The molecule has 2 heterocycles. The van der Waals surface area contributed by atoms with E-state index in [0.717, 1.165) is 18.7 Å². The van der Waals surface area contributed by atoms with E-state index in [1.54, 1.807) is 7.11 Å². The van der Waals surface area contributed by atoms with Crippen molar-refractivity contribution < 1.29 is 9.53 Å². The van der Waals surface area contributed by atoms with Crippen LogP contribution in [-0.4, -0.2) is 18.0 Å². The number of aromatic nitrogens is 1. The average Bonchev–Trinajstić information content (AvgIpc) is 3.06. The summed E-state index contributed by atoms with van der Waals surface area (Å²) in [5.74, 6) is 0.593. The topological polar surface area (TPSA) is 51.2 Å². The molecule has 0 bridgehead atoms. The summed E-state index contributed by atoms with van der Waals surface area (Å²) in [6.07, 6.45) is 0. The SMILES string of the molecule is COc1ccc(I)c2sc(NC(=O)c3ccc(C)s3)nc12. The third-order valence-corrected chi connectivity index (χ3v) is 6.13. The first-order chi connectivity index (χ1) is 10.1. The number of thiazole rings is 1. The monoisotopic (exact) mass is 430 g/mol. The van der Waals surface area contributed by atoms with Gasteiger partial charge in [-0.1, -0.05) is 11.3 Å². The molecule has 0 spiro atoms. The molecule has 0 saturated carbocycles. The highest BCUT2D eigenvalue weighted by atomic mass is 127. The Morgan fingerprint density at radius 1 is 1.29 bits per heavy atom. The quantitative estimate of drug-likeness (QED) is 0.622. The average molecular weight is 430 g/mol. The number of amides is 1. The maximum atomic E-state index is 12.2. The van der Waals surface area contributed by atoms with Crippen LogP contribution in [0.15, 0.2) is 24.3 Å². The van der Waals surface area contributed by atoms with Crippen LogP contribution in [-0.2, 0) is 0 Å². The van der Waals surface area contributed by atoms with Crippen molar-refractivity contribution in [2.45, 2.75) is 6.92 Å². The molecule has 1 N–H and O–H groups in total. The highest BCUT2D eigenvalue weighted by Gasteiger charge is 2.15. The van der Waals surface area contributed by atoms with Crippen LogP contribution in [0.5, 0.6) is 5.75 Å². The first kappa shape index (κ1) is 14.7. The molecule has 0 radical (unpaired) electrons. The zero-order chi connectivity index (χ0) is 15.0. The molecule has 0 atom stereocenters. The van der Waals surface area contributed by atoms with E-state index >= 15 is 0 Å². The maximum absolute atomic E-state index is 12.2. The highest BCUT2D eigenvalue weighted by Crippen LogP contribution is 2.35. The minimum atomic E-state index is -0.124. The summed E-state index contributed by atoms with van der Waals surface area (Å²) in [5.41, 5.74) is 0.784. The Balaban J connectivity index is 1.94. The normalized spacial score (nSPS) is 10.8. The Bertz CT molecular complexity index is 826. The summed E-state index contributed by atoms with van der Waals surface area (Å²) in [5, 5.41) is 3.45. The van der Waals surface area contributed by atoms with Gasteiger partial charge in [-0.15, -0.1) is 11.3 Å². The van der Waals surface area contributed by atoms with Crippen molar-refractivity contribution in [3.63, 3.8) is 0 Å². The number of thiophene rings is 1. The van der Waals surface area contributed by atoms with Gasteiger partial charge in [0.05, 0.1) is 16.7 Å². The maximum Gasteiger partial charge on any atom is 0.267 e. The van der Waals surface area contributed by atoms with E-state index in [0.29, 0.717) is 15.8 Å². The van der Waals surface area contributed by atoms with E-state index in [2.05, 4.69) is 32.9 Å². The van der Waals surface area contributed by atoms with Crippen LogP contribution in [0.3, 0.4) is 0 Å². The molecular weight excluding hydrogens is 419 g/mol. The molecule has 21 heavy (non-hydrogen) atoms. The molecule has 0 aliphatic rings. The molecule has 2 aromatic heterocycles. The Morgan fingerprint density at radius 2 is 2.10 bits per heavy atom. The number of fused-ring (bicyclic) bond motifs is 1. The van der Waals surface area contributed by atoms with Crippen LogP contribution in [0.1, 0.15) is 14.5 Å². The number of halogens is 1. The van der Waals surface area contributed by atoms with Gasteiger partial charge in [-0.25, -0.2) is 4.98 Å². The molecule has 0 fully saturated rings. The minimum absolute atomic E-state index is 0.124. The van der Waals surface area contributed by atoms with Gasteiger partial charge >= 0.3 is 0 Å². The number of hydrogen-bond acceptors (Lipinski definition) is 5. The van der Waals surface area contributed by atoms with Gasteiger partial charge in [-0.05, 0) is 53.8 Å². The number of benzene rings is 1. The second kappa shape index (κ2) is 5.90. The first-order valence-electron chi connectivity index (χ1n) is 6.09. The number of aryl methyl sites for hydroxylation is 1. The van der Waals surface area contributed by atoms with Gasteiger partial charge in [0.2, 0.25) is 0 Å². The third-order valence-electron chi connectivity index (χ3n) is 2.86. The molecule has 3 rings (SSSR count). The standard InChI is InChI=1S/C14H11IN2O2S2/c1-7-3-6-10(20-7)13(18)17-14-16-11-9(19-2)5-4-8(15)12(11)21-14/h3-6H,1-2H3,(H,16,17,18). The van der Waals surface area contributed by atoms with Crippen molar-refractivity contribution in [1.82, 2.24) is 4.98 Å². The van der Waals surface area contributed by atoms with Crippen LogP contribution < -0.4 is 10.1 Å². The number of nitrogens with zero attached hydrogens (tertiary/aromatic N) is 1. The molecule has 0 aliphatic carbocycles.